The molecule has 118 valence electrons. The van der Waals surface area contributed by atoms with Crippen LogP contribution in [0.5, 0.6) is 0 Å². The van der Waals surface area contributed by atoms with Crippen LogP contribution in [0, 0.1) is 5.41 Å². The Labute approximate surface area is 141 Å². The van der Waals surface area contributed by atoms with Gasteiger partial charge in [-0.15, -0.1) is 11.3 Å². The fraction of sp³-hybridized carbons (Fsp3) is 0.0526. The molecule has 0 saturated heterocycles. The summed E-state index contributed by atoms with van der Waals surface area (Å²) < 4.78 is 5.57. The number of amides is 1. The molecular formula is C19H14N2O2S. The summed E-state index contributed by atoms with van der Waals surface area (Å²) in [5.74, 6) is -0.299. The average molecular weight is 334 g/mol. The van der Waals surface area contributed by atoms with E-state index in [2.05, 4.69) is 5.32 Å². The first-order valence-corrected chi connectivity index (χ1v) is 8.41. The van der Waals surface area contributed by atoms with Gasteiger partial charge in [-0.3, -0.25) is 10.2 Å². The van der Waals surface area contributed by atoms with Crippen LogP contribution in [-0.4, -0.2) is 5.91 Å². The van der Waals surface area contributed by atoms with Crippen LogP contribution < -0.4 is 10.9 Å². The third-order valence-corrected chi connectivity index (χ3v) is 4.80. The summed E-state index contributed by atoms with van der Waals surface area (Å²) in [4.78, 5) is 13.5. The molecule has 0 unspecified atom stereocenters. The predicted octanol–water partition coefficient (Wildman–Crippen LogP) is 4.06. The van der Waals surface area contributed by atoms with Gasteiger partial charge in [-0.1, -0.05) is 36.4 Å². The molecule has 0 aliphatic rings. The average Bonchev–Trinajstić information content (AvgIpc) is 3.12. The second kappa shape index (κ2) is 5.94. The summed E-state index contributed by atoms with van der Waals surface area (Å²) in [6.07, 6.45) is 0. The van der Waals surface area contributed by atoms with E-state index in [4.69, 9.17) is 9.83 Å². The molecule has 4 aromatic rings. The Morgan fingerprint density at radius 3 is 2.79 bits per heavy atom. The van der Waals surface area contributed by atoms with Gasteiger partial charge >= 0.3 is 0 Å². The molecule has 0 bridgehead atoms. The zero-order valence-corrected chi connectivity index (χ0v) is 13.5. The van der Waals surface area contributed by atoms with Gasteiger partial charge in [-0.25, -0.2) is 0 Å². The van der Waals surface area contributed by atoms with Crippen molar-refractivity contribution in [3.8, 4) is 0 Å². The van der Waals surface area contributed by atoms with Crippen LogP contribution in [0.15, 0.2) is 64.4 Å². The Bertz CT molecular complexity index is 1100. The second-order valence-electron chi connectivity index (χ2n) is 5.45. The van der Waals surface area contributed by atoms with Gasteiger partial charge in [0.05, 0.1) is 6.54 Å². The highest BCUT2D eigenvalue weighted by molar-refractivity contribution is 7.09. The summed E-state index contributed by atoms with van der Waals surface area (Å²) in [5.41, 5.74) is 0.727. The highest BCUT2D eigenvalue weighted by atomic mass is 32.1. The SMILES string of the molecule is N=c1oc2ccc3ccccc3c2cc1C(=O)NCc1cccs1. The molecule has 0 aliphatic heterocycles. The maximum atomic E-state index is 12.5. The lowest BCUT2D eigenvalue weighted by Crippen LogP contribution is -2.27. The third-order valence-electron chi connectivity index (χ3n) is 3.92. The molecular weight excluding hydrogens is 320 g/mol. The largest absolute Gasteiger partial charge is 0.438 e. The van der Waals surface area contributed by atoms with Gasteiger partial charge in [0.15, 0.2) is 0 Å². The molecule has 0 saturated carbocycles. The number of hydrogen-bond acceptors (Lipinski definition) is 4. The molecule has 0 spiro atoms. The molecule has 2 aromatic heterocycles. The number of rotatable bonds is 3. The van der Waals surface area contributed by atoms with Crippen LogP contribution >= 0.6 is 11.3 Å². The molecule has 2 N–H and O–H groups in total. The minimum atomic E-state index is -0.299. The minimum absolute atomic E-state index is 0.124. The van der Waals surface area contributed by atoms with Gasteiger partial charge < -0.3 is 9.73 Å². The number of fused-ring (bicyclic) bond motifs is 3. The van der Waals surface area contributed by atoms with E-state index in [0.29, 0.717) is 12.1 Å². The molecule has 4 rings (SSSR count). The van der Waals surface area contributed by atoms with Crippen molar-refractivity contribution in [3.05, 3.63) is 76.0 Å². The highest BCUT2D eigenvalue weighted by Crippen LogP contribution is 2.24. The summed E-state index contributed by atoms with van der Waals surface area (Å²) in [6.45, 7) is 0.448. The highest BCUT2D eigenvalue weighted by Gasteiger charge is 2.13. The van der Waals surface area contributed by atoms with Crippen molar-refractivity contribution in [1.29, 1.82) is 5.41 Å². The Kier molecular flexibility index (Phi) is 3.63. The normalized spacial score (nSPS) is 11.0. The predicted molar refractivity (Wildman–Crippen MR) is 95.1 cm³/mol. The van der Waals surface area contributed by atoms with Crippen LogP contribution in [0.25, 0.3) is 21.7 Å². The van der Waals surface area contributed by atoms with Gasteiger partial charge in [0, 0.05) is 10.3 Å². The maximum absolute atomic E-state index is 12.5. The Balaban J connectivity index is 1.77. The fourth-order valence-electron chi connectivity index (χ4n) is 2.73. The topological polar surface area (TPSA) is 66.1 Å². The monoisotopic (exact) mass is 334 g/mol. The zero-order chi connectivity index (χ0) is 16.5. The van der Waals surface area contributed by atoms with Crippen molar-refractivity contribution in [2.75, 3.05) is 0 Å². The first-order chi connectivity index (χ1) is 11.7. The first kappa shape index (κ1) is 14.7. The molecule has 2 heterocycles. The Morgan fingerprint density at radius 1 is 1.08 bits per heavy atom. The Hall–Kier alpha value is -2.92. The minimum Gasteiger partial charge on any atom is -0.438 e. The van der Waals surface area contributed by atoms with E-state index in [0.717, 1.165) is 21.0 Å². The van der Waals surface area contributed by atoms with E-state index < -0.39 is 0 Å². The molecule has 4 nitrogen and oxygen atoms in total. The number of carbonyl (C=O) groups excluding carboxylic acids is 1. The second-order valence-corrected chi connectivity index (χ2v) is 6.48. The summed E-state index contributed by atoms with van der Waals surface area (Å²) in [5, 5.41) is 15.7. The third kappa shape index (κ3) is 2.59. The van der Waals surface area contributed by atoms with Crippen molar-refractivity contribution >= 4 is 39.0 Å². The van der Waals surface area contributed by atoms with Crippen molar-refractivity contribution in [2.45, 2.75) is 6.54 Å². The van der Waals surface area contributed by atoms with Crippen LogP contribution in [0.3, 0.4) is 0 Å². The maximum Gasteiger partial charge on any atom is 0.257 e. The van der Waals surface area contributed by atoms with Gasteiger partial charge in [-0.2, -0.15) is 0 Å². The van der Waals surface area contributed by atoms with Crippen molar-refractivity contribution < 1.29 is 9.21 Å². The van der Waals surface area contributed by atoms with Crippen molar-refractivity contribution in [1.82, 2.24) is 5.32 Å². The van der Waals surface area contributed by atoms with Gasteiger partial charge in [0.2, 0.25) is 5.55 Å². The molecule has 2 aromatic carbocycles. The van der Waals surface area contributed by atoms with E-state index >= 15 is 0 Å². The number of carbonyl (C=O) groups is 1. The van der Waals surface area contributed by atoms with Gasteiger partial charge in [0.1, 0.15) is 11.1 Å². The fourth-order valence-corrected chi connectivity index (χ4v) is 3.38. The van der Waals surface area contributed by atoms with Crippen LogP contribution in [-0.2, 0) is 6.54 Å². The van der Waals surface area contributed by atoms with Crippen molar-refractivity contribution in [3.63, 3.8) is 0 Å². The van der Waals surface area contributed by atoms with E-state index in [9.17, 15) is 4.79 Å². The van der Waals surface area contributed by atoms with E-state index in [1.807, 2.05) is 53.9 Å². The Morgan fingerprint density at radius 2 is 1.96 bits per heavy atom. The lowest BCUT2D eigenvalue weighted by molar-refractivity contribution is 0.0947. The van der Waals surface area contributed by atoms with E-state index in [1.165, 1.54) is 0 Å². The number of nitrogens with one attached hydrogen (secondary N) is 2. The molecule has 0 atom stereocenters. The number of thiophene rings is 1. The molecule has 0 fully saturated rings. The summed E-state index contributed by atoms with van der Waals surface area (Å²) in [7, 11) is 0. The van der Waals surface area contributed by atoms with Crippen LogP contribution in [0.4, 0.5) is 0 Å². The number of hydrogen-bond donors (Lipinski definition) is 2. The van der Waals surface area contributed by atoms with Gasteiger partial charge in [0.25, 0.3) is 5.91 Å². The molecule has 0 radical (unpaired) electrons. The van der Waals surface area contributed by atoms with E-state index in [1.54, 1.807) is 17.4 Å². The molecule has 24 heavy (non-hydrogen) atoms. The summed E-state index contributed by atoms with van der Waals surface area (Å²) >= 11 is 1.58. The lowest BCUT2D eigenvalue weighted by atomic mass is 10.0. The standard InChI is InChI=1S/C19H14N2O2S/c20-18-16(19(22)21-11-13-5-3-9-24-13)10-15-14-6-2-1-4-12(14)7-8-17(15)23-18/h1-10,20H,11H2,(H,21,22). The smallest absolute Gasteiger partial charge is 0.257 e. The zero-order valence-electron chi connectivity index (χ0n) is 12.7. The first-order valence-electron chi connectivity index (χ1n) is 7.53. The summed E-state index contributed by atoms with van der Waals surface area (Å²) in [6, 6.07) is 17.4. The molecule has 1 amide bonds. The quantitative estimate of drug-likeness (QED) is 0.555. The van der Waals surface area contributed by atoms with Crippen molar-refractivity contribution in [2.24, 2.45) is 0 Å². The molecule has 0 aliphatic carbocycles. The van der Waals surface area contributed by atoms with Crippen LogP contribution in [0.2, 0.25) is 0 Å². The lowest BCUT2D eigenvalue weighted by Gasteiger charge is -2.07. The van der Waals surface area contributed by atoms with E-state index in [-0.39, 0.29) is 17.0 Å². The van der Waals surface area contributed by atoms with Gasteiger partial charge in [-0.05, 0) is 34.4 Å². The van der Waals surface area contributed by atoms with Crippen LogP contribution in [0.1, 0.15) is 15.2 Å². The molecule has 5 heteroatoms. The number of benzene rings is 2.